The number of β-amino-alcohol motifs (C(OH)–C–C–N with tert-alkyl or cyclic N) is 1. The summed E-state index contributed by atoms with van der Waals surface area (Å²) in [6, 6.07) is 12.8. The van der Waals surface area contributed by atoms with Crippen molar-refractivity contribution < 1.29 is 24.1 Å². The van der Waals surface area contributed by atoms with Crippen LogP contribution in [-0.2, 0) is 6.42 Å². The van der Waals surface area contributed by atoms with E-state index in [9.17, 15) is 9.90 Å². The van der Waals surface area contributed by atoms with Gasteiger partial charge in [0.2, 0.25) is 0 Å². The molecule has 0 aliphatic carbocycles. The number of carbonyl (C=O) groups is 1. The van der Waals surface area contributed by atoms with E-state index in [1.807, 2.05) is 45.0 Å². The van der Waals surface area contributed by atoms with Gasteiger partial charge in [-0.25, -0.2) is 0 Å². The molecule has 2 aromatic rings. The smallest absolute Gasteiger partial charge is 0.163 e. The van der Waals surface area contributed by atoms with E-state index < -0.39 is 6.10 Å². The number of hydrogen-bond acceptors (Lipinski definition) is 6. The molecule has 0 fully saturated rings. The molecular formula is C24H34ClNO5. The lowest BCUT2D eigenvalue weighted by molar-refractivity contribution is 0.0982. The molecule has 0 spiro atoms. The zero-order chi connectivity index (χ0) is 22.1. The third-order valence-electron chi connectivity index (χ3n) is 4.56. The molecule has 0 heterocycles. The highest BCUT2D eigenvalue weighted by atomic mass is 35.5. The van der Waals surface area contributed by atoms with Gasteiger partial charge in [-0.1, -0.05) is 12.1 Å². The summed E-state index contributed by atoms with van der Waals surface area (Å²) >= 11 is 0. The molecule has 172 valence electrons. The van der Waals surface area contributed by atoms with Gasteiger partial charge in [-0.05, 0) is 63.1 Å². The van der Waals surface area contributed by atoms with E-state index in [-0.39, 0.29) is 30.3 Å². The number of nitrogens with one attached hydrogen (secondary N) is 1. The highest BCUT2D eigenvalue weighted by Gasteiger charge is 2.13. The SMILES string of the molecule is COc1ccc(C(=O)CCc2cccc(OCC(O)CNC(C)(C)C)c2)cc1OC.Cl. The van der Waals surface area contributed by atoms with Crippen molar-refractivity contribution in [3.05, 3.63) is 53.6 Å². The first-order valence-electron chi connectivity index (χ1n) is 10.1. The fourth-order valence-electron chi connectivity index (χ4n) is 2.88. The second kappa shape index (κ2) is 12.5. The van der Waals surface area contributed by atoms with E-state index in [4.69, 9.17) is 14.2 Å². The molecule has 1 unspecified atom stereocenters. The van der Waals surface area contributed by atoms with Crippen LogP contribution in [0.3, 0.4) is 0 Å². The molecule has 0 saturated heterocycles. The zero-order valence-electron chi connectivity index (χ0n) is 18.9. The number of halogens is 1. The molecule has 0 amide bonds. The van der Waals surface area contributed by atoms with Crippen LogP contribution in [0.4, 0.5) is 0 Å². The number of hydrogen-bond donors (Lipinski definition) is 2. The normalized spacial score (nSPS) is 11.9. The van der Waals surface area contributed by atoms with Crippen molar-refractivity contribution in [1.82, 2.24) is 5.32 Å². The van der Waals surface area contributed by atoms with Gasteiger partial charge in [-0.3, -0.25) is 4.79 Å². The summed E-state index contributed by atoms with van der Waals surface area (Å²) < 4.78 is 16.2. The predicted molar refractivity (Wildman–Crippen MR) is 125 cm³/mol. The van der Waals surface area contributed by atoms with Crippen LogP contribution >= 0.6 is 12.4 Å². The van der Waals surface area contributed by atoms with Gasteiger partial charge in [0.15, 0.2) is 17.3 Å². The number of rotatable bonds is 11. The minimum absolute atomic E-state index is 0. The number of ether oxygens (including phenoxy) is 3. The maximum atomic E-state index is 12.6. The Labute approximate surface area is 191 Å². The quantitative estimate of drug-likeness (QED) is 0.501. The molecule has 2 aromatic carbocycles. The standard InChI is InChI=1S/C24H33NO5.ClH/c1-24(2,3)25-15-19(26)16-30-20-8-6-7-17(13-20)9-11-21(27)18-10-12-22(28-4)23(14-18)29-5;/h6-8,10,12-14,19,25-26H,9,11,15-16H2,1-5H3;1H. The minimum atomic E-state index is -0.598. The van der Waals surface area contributed by atoms with E-state index in [0.717, 1.165) is 5.56 Å². The molecule has 2 N–H and O–H groups in total. The monoisotopic (exact) mass is 451 g/mol. The van der Waals surface area contributed by atoms with Crippen molar-refractivity contribution in [1.29, 1.82) is 0 Å². The summed E-state index contributed by atoms with van der Waals surface area (Å²) in [6.07, 6.45) is 0.370. The Balaban J connectivity index is 0.00000480. The third-order valence-corrected chi connectivity index (χ3v) is 4.56. The van der Waals surface area contributed by atoms with Crippen molar-refractivity contribution in [2.75, 3.05) is 27.4 Å². The van der Waals surface area contributed by atoms with E-state index >= 15 is 0 Å². The van der Waals surface area contributed by atoms with Gasteiger partial charge in [0.05, 0.1) is 14.2 Å². The number of methoxy groups -OCH3 is 2. The van der Waals surface area contributed by atoms with Gasteiger partial charge < -0.3 is 24.6 Å². The number of ketones is 1. The van der Waals surface area contributed by atoms with E-state index in [1.54, 1.807) is 32.4 Å². The molecule has 6 nitrogen and oxygen atoms in total. The number of carbonyl (C=O) groups excluding carboxylic acids is 1. The average molecular weight is 452 g/mol. The lowest BCUT2D eigenvalue weighted by Gasteiger charge is -2.23. The maximum absolute atomic E-state index is 12.6. The van der Waals surface area contributed by atoms with Gasteiger partial charge in [0.25, 0.3) is 0 Å². The van der Waals surface area contributed by atoms with Crippen molar-refractivity contribution in [2.24, 2.45) is 0 Å². The average Bonchev–Trinajstić information content (AvgIpc) is 2.73. The van der Waals surface area contributed by atoms with Crippen LogP contribution in [0, 0.1) is 0 Å². The molecule has 31 heavy (non-hydrogen) atoms. The van der Waals surface area contributed by atoms with Crippen molar-refractivity contribution in [2.45, 2.75) is 45.3 Å². The minimum Gasteiger partial charge on any atom is -0.493 e. The molecule has 7 heteroatoms. The van der Waals surface area contributed by atoms with Gasteiger partial charge in [0.1, 0.15) is 18.5 Å². The first-order chi connectivity index (χ1) is 14.2. The van der Waals surface area contributed by atoms with Crippen molar-refractivity contribution >= 4 is 18.2 Å². The van der Waals surface area contributed by atoms with Crippen LogP contribution < -0.4 is 19.5 Å². The number of aliphatic hydroxyl groups is 1. The van der Waals surface area contributed by atoms with Gasteiger partial charge in [-0.15, -0.1) is 12.4 Å². The summed E-state index contributed by atoms with van der Waals surface area (Å²) in [7, 11) is 3.11. The predicted octanol–water partition coefficient (Wildman–Crippen LogP) is 4.07. The summed E-state index contributed by atoms with van der Waals surface area (Å²) in [5.74, 6) is 1.85. The Hall–Kier alpha value is -2.28. The van der Waals surface area contributed by atoms with E-state index in [0.29, 0.717) is 42.2 Å². The first-order valence-corrected chi connectivity index (χ1v) is 10.1. The first kappa shape index (κ1) is 26.8. The third kappa shape index (κ3) is 9.17. The molecule has 0 bridgehead atoms. The fourth-order valence-corrected chi connectivity index (χ4v) is 2.88. The molecular weight excluding hydrogens is 418 g/mol. The lowest BCUT2D eigenvalue weighted by Crippen LogP contribution is -2.42. The highest BCUT2D eigenvalue weighted by molar-refractivity contribution is 5.96. The second-order valence-corrected chi connectivity index (χ2v) is 8.24. The number of Topliss-reactive ketones (excluding diaryl/α,β-unsaturated/α-hetero) is 1. The number of benzene rings is 2. The number of aryl methyl sites for hydroxylation is 1. The summed E-state index contributed by atoms with van der Waals surface area (Å²) in [4.78, 5) is 12.6. The summed E-state index contributed by atoms with van der Waals surface area (Å²) in [5.41, 5.74) is 1.54. The van der Waals surface area contributed by atoms with Crippen LogP contribution in [0.1, 0.15) is 43.1 Å². The van der Waals surface area contributed by atoms with E-state index in [2.05, 4.69) is 5.32 Å². The Bertz CT molecular complexity index is 835. The zero-order valence-corrected chi connectivity index (χ0v) is 19.8. The number of aliphatic hydroxyl groups excluding tert-OH is 1. The van der Waals surface area contributed by atoms with Crippen LogP contribution in [0.2, 0.25) is 0 Å². The summed E-state index contributed by atoms with van der Waals surface area (Å²) in [6.45, 7) is 6.81. The van der Waals surface area contributed by atoms with Gasteiger partial charge in [0, 0.05) is 24.1 Å². The molecule has 2 rings (SSSR count). The Kier molecular flexibility index (Phi) is 10.8. The highest BCUT2D eigenvalue weighted by Crippen LogP contribution is 2.28. The van der Waals surface area contributed by atoms with Gasteiger partial charge >= 0.3 is 0 Å². The van der Waals surface area contributed by atoms with Crippen molar-refractivity contribution in [3.63, 3.8) is 0 Å². The fraction of sp³-hybridized carbons (Fsp3) is 0.458. The van der Waals surface area contributed by atoms with Crippen LogP contribution in [-0.4, -0.2) is 49.9 Å². The van der Waals surface area contributed by atoms with Crippen LogP contribution in [0.5, 0.6) is 17.2 Å². The Morgan fingerprint density at radius 3 is 2.42 bits per heavy atom. The summed E-state index contributed by atoms with van der Waals surface area (Å²) in [5, 5.41) is 13.3. The largest absolute Gasteiger partial charge is 0.493 e. The second-order valence-electron chi connectivity index (χ2n) is 8.24. The van der Waals surface area contributed by atoms with Crippen LogP contribution in [0.25, 0.3) is 0 Å². The molecule has 0 aromatic heterocycles. The topological polar surface area (TPSA) is 77.0 Å². The molecule has 0 aliphatic rings. The van der Waals surface area contributed by atoms with Gasteiger partial charge in [-0.2, -0.15) is 0 Å². The van der Waals surface area contributed by atoms with Crippen LogP contribution in [0.15, 0.2) is 42.5 Å². The molecule has 0 saturated carbocycles. The van der Waals surface area contributed by atoms with Crippen molar-refractivity contribution in [3.8, 4) is 17.2 Å². The Morgan fingerprint density at radius 2 is 1.77 bits per heavy atom. The molecule has 0 aliphatic heterocycles. The maximum Gasteiger partial charge on any atom is 0.163 e. The Morgan fingerprint density at radius 1 is 1.06 bits per heavy atom. The molecule has 1 atom stereocenters. The molecule has 0 radical (unpaired) electrons. The van der Waals surface area contributed by atoms with E-state index in [1.165, 1.54) is 0 Å². The lowest BCUT2D eigenvalue weighted by atomic mass is 10.0.